The van der Waals surface area contributed by atoms with Gasteiger partial charge in [0, 0.05) is 19.1 Å². The van der Waals surface area contributed by atoms with Crippen LogP contribution in [0.15, 0.2) is 22.6 Å². The molecule has 0 aliphatic carbocycles. The highest BCUT2D eigenvalue weighted by Crippen LogP contribution is 2.38. The van der Waals surface area contributed by atoms with E-state index in [2.05, 4.69) is 8.37 Å². The third kappa shape index (κ3) is 4.16. The van der Waals surface area contributed by atoms with Crippen molar-refractivity contribution in [3.63, 3.8) is 0 Å². The highest BCUT2D eigenvalue weighted by Gasteiger charge is 2.50. The summed E-state index contributed by atoms with van der Waals surface area (Å²) in [7, 11) is -12.5. The van der Waals surface area contributed by atoms with Gasteiger partial charge in [0.15, 0.2) is 17.3 Å². The molecule has 0 spiro atoms. The zero-order chi connectivity index (χ0) is 21.7. The average molecular weight is 456 g/mol. The number of carbonyl (C=O) groups is 1. The van der Waals surface area contributed by atoms with Gasteiger partial charge in [0.2, 0.25) is 0 Å². The zero-order valence-electron chi connectivity index (χ0n) is 13.1. The van der Waals surface area contributed by atoms with Crippen molar-refractivity contribution >= 4 is 37.0 Å². The summed E-state index contributed by atoms with van der Waals surface area (Å²) in [5.74, 6) is -3.87. The topological polar surface area (TPSA) is 117 Å². The molecule has 0 amide bonds. The average Bonchev–Trinajstić information content (AvgIpc) is 2.88. The Morgan fingerprint density at radius 2 is 1.39 bits per heavy atom. The fourth-order valence-electron chi connectivity index (χ4n) is 1.71. The second-order valence-corrected chi connectivity index (χ2v) is 8.04. The number of carbonyl (C=O) groups excluding carboxylic acids is 1. The van der Waals surface area contributed by atoms with Gasteiger partial charge in [0.05, 0.1) is 5.39 Å². The van der Waals surface area contributed by atoms with Gasteiger partial charge in [-0.05, 0) is 6.07 Å². The van der Waals surface area contributed by atoms with Crippen LogP contribution in [0.25, 0.3) is 11.0 Å². The van der Waals surface area contributed by atoms with E-state index in [1.54, 1.807) is 0 Å². The van der Waals surface area contributed by atoms with Crippen molar-refractivity contribution in [2.75, 3.05) is 0 Å². The highest BCUT2D eigenvalue weighted by molar-refractivity contribution is 7.88. The normalized spacial score (nSPS) is 13.5. The van der Waals surface area contributed by atoms with E-state index in [1.165, 1.54) is 0 Å². The van der Waals surface area contributed by atoms with E-state index in [4.69, 9.17) is 4.42 Å². The van der Waals surface area contributed by atoms with E-state index in [0.717, 1.165) is 13.0 Å². The molecule has 0 aliphatic heterocycles. The van der Waals surface area contributed by atoms with E-state index >= 15 is 0 Å². The number of benzene rings is 1. The van der Waals surface area contributed by atoms with Crippen molar-refractivity contribution < 1.29 is 60.8 Å². The molecule has 8 nitrogen and oxygen atoms in total. The summed E-state index contributed by atoms with van der Waals surface area (Å²) >= 11 is 0. The summed E-state index contributed by atoms with van der Waals surface area (Å²) in [6, 6.07) is 1.38. The molecule has 28 heavy (non-hydrogen) atoms. The number of Topliss-reactive ketones (excluding diaryl/α,β-unsaturated/α-hetero) is 1. The SMILES string of the molecule is CC(=O)c1cc2c(OS(=O)(=O)C(F)(F)F)cc(OS(=O)(=O)C(F)(F)F)cc2o1. The fraction of sp³-hybridized carbons (Fsp3) is 0.250. The Labute approximate surface area is 151 Å². The third-order valence-corrected chi connectivity index (χ3v) is 4.84. The van der Waals surface area contributed by atoms with Gasteiger partial charge in [-0.1, -0.05) is 0 Å². The van der Waals surface area contributed by atoms with Crippen LogP contribution in [0.2, 0.25) is 0 Å². The first kappa shape index (κ1) is 21.8. The van der Waals surface area contributed by atoms with Crippen molar-refractivity contribution in [2.24, 2.45) is 0 Å². The molecule has 1 aromatic heterocycles. The molecule has 1 heterocycles. The van der Waals surface area contributed by atoms with Gasteiger partial charge in [-0.3, -0.25) is 4.79 Å². The summed E-state index contributed by atoms with van der Waals surface area (Å²) in [6.07, 6.45) is 0. The van der Waals surface area contributed by atoms with Gasteiger partial charge >= 0.3 is 31.3 Å². The number of hydrogen-bond donors (Lipinski definition) is 0. The largest absolute Gasteiger partial charge is 0.534 e. The van der Waals surface area contributed by atoms with Crippen LogP contribution in [0.3, 0.4) is 0 Å². The van der Waals surface area contributed by atoms with Crippen LogP contribution >= 0.6 is 0 Å². The quantitative estimate of drug-likeness (QED) is 0.292. The maximum absolute atomic E-state index is 12.5. The minimum Gasteiger partial charge on any atom is -0.453 e. The van der Waals surface area contributed by atoms with Gasteiger partial charge in [0.1, 0.15) is 11.3 Å². The van der Waals surface area contributed by atoms with Gasteiger partial charge < -0.3 is 12.8 Å². The van der Waals surface area contributed by atoms with Crippen molar-refractivity contribution in [3.8, 4) is 11.5 Å². The van der Waals surface area contributed by atoms with Gasteiger partial charge in [-0.15, -0.1) is 0 Å². The number of hydrogen-bond acceptors (Lipinski definition) is 8. The molecule has 2 aromatic rings. The van der Waals surface area contributed by atoms with Gasteiger partial charge in [0.25, 0.3) is 0 Å². The molecule has 1 aromatic carbocycles. The third-order valence-electron chi connectivity index (χ3n) is 2.89. The Balaban J connectivity index is 2.68. The number of halogens is 6. The van der Waals surface area contributed by atoms with Crippen LogP contribution in [0.4, 0.5) is 26.3 Å². The van der Waals surface area contributed by atoms with Crippen LogP contribution in [-0.4, -0.2) is 33.6 Å². The maximum atomic E-state index is 12.5. The molecule has 156 valence electrons. The first-order chi connectivity index (χ1) is 12.4. The number of rotatable bonds is 5. The smallest absolute Gasteiger partial charge is 0.453 e. The second kappa shape index (κ2) is 6.54. The molecule has 0 atom stereocenters. The molecule has 0 aliphatic rings. The predicted octanol–water partition coefficient (Wildman–Crippen LogP) is 3.09. The molecular weight excluding hydrogens is 450 g/mol. The summed E-state index contributed by atoms with van der Waals surface area (Å²) < 4.78 is 132. The molecule has 0 saturated carbocycles. The van der Waals surface area contributed by atoms with E-state index in [9.17, 15) is 48.0 Å². The number of alkyl halides is 6. The lowest BCUT2D eigenvalue weighted by atomic mass is 10.2. The van der Waals surface area contributed by atoms with Crippen molar-refractivity contribution in [1.82, 2.24) is 0 Å². The molecule has 16 heteroatoms. The van der Waals surface area contributed by atoms with E-state index in [1.807, 2.05) is 0 Å². The predicted molar refractivity (Wildman–Crippen MR) is 77.4 cm³/mol. The number of ketones is 1. The van der Waals surface area contributed by atoms with E-state index in [-0.39, 0.29) is 6.07 Å². The Morgan fingerprint density at radius 3 is 1.86 bits per heavy atom. The first-order valence-electron chi connectivity index (χ1n) is 6.54. The fourth-order valence-corrected chi connectivity index (χ4v) is 2.63. The molecule has 0 bridgehead atoms. The summed E-state index contributed by atoms with van der Waals surface area (Å²) in [6.45, 7) is 0.955. The molecule has 0 fully saturated rings. The lowest BCUT2D eigenvalue weighted by Crippen LogP contribution is -2.29. The Bertz CT molecular complexity index is 1140. The summed E-state index contributed by atoms with van der Waals surface area (Å²) in [5, 5.41) is -0.574. The monoisotopic (exact) mass is 456 g/mol. The van der Waals surface area contributed by atoms with E-state index in [0.29, 0.717) is 6.07 Å². The first-order valence-corrected chi connectivity index (χ1v) is 9.36. The Hall–Kier alpha value is -2.49. The lowest BCUT2D eigenvalue weighted by molar-refractivity contribution is -0.0502. The summed E-state index contributed by atoms with van der Waals surface area (Å²) in [4.78, 5) is 11.3. The molecule has 0 saturated heterocycles. The second-order valence-electron chi connectivity index (χ2n) is 4.97. The zero-order valence-corrected chi connectivity index (χ0v) is 14.7. The summed E-state index contributed by atoms with van der Waals surface area (Å²) in [5.41, 5.74) is -12.5. The molecule has 2 rings (SSSR count). The van der Waals surface area contributed by atoms with Crippen molar-refractivity contribution in [1.29, 1.82) is 0 Å². The standard InChI is InChI=1S/C12H6F6O8S2/c1-5(19)8-4-7-9(24-8)2-6(25-27(20,21)11(13,14)15)3-10(7)26-28(22,23)12(16,17)18/h2-4H,1H3. The lowest BCUT2D eigenvalue weighted by Gasteiger charge is -2.12. The van der Waals surface area contributed by atoms with E-state index < -0.39 is 65.3 Å². The Kier molecular flexibility index (Phi) is 5.09. The number of fused-ring (bicyclic) bond motifs is 1. The van der Waals surface area contributed by atoms with Crippen LogP contribution in [0.1, 0.15) is 17.5 Å². The minimum atomic E-state index is -6.30. The van der Waals surface area contributed by atoms with Crippen molar-refractivity contribution in [3.05, 3.63) is 24.0 Å². The van der Waals surface area contributed by atoms with Gasteiger partial charge in [-0.25, -0.2) is 0 Å². The highest BCUT2D eigenvalue weighted by atomic mass is 32.2. The molecule has 0 unspecified atom stereocenters. The molecule has 0 radical (unpaired) electrons. The van der Waals surface area contributed by atoms with Crippen LogP contribution in [0.5, 0.6) is 11.5 Å². The van der Waals surface area contributed by atoms with Crippen LogP contribution < -0.4 is 8.37 Å². The van der Waals surface area contributed by atoms with Crippen molar-refractivity contribution in [2.45, 2.75) is 17.9 Å². The van der Waals surface area contributed by atoms with Crippen LogP contribution in [-0.2, 0) is 20.2 Å². The number of furan rings is 1. The Morgan fingerprint density at radius 1 is 0.893 bits per heavy atom. The molecule has 0 N–H and O–H groups in total. The minimum absolute atomic E-state index is 0.147. The van der Waals surface area contributed by atoms with Gasteiger partial charge in [-0.2, -0.15) is 43.2 Å². The maximum Gasteiger partial charge on any atom is 0.534 e. The molecular formula is C12H6F6O8S2. The van der Waals surface area contributed by atoms with Crippen LogP contribution in [0, 0.1) is 0 Å².